The molecule has 2 unspecified atom stereocenters. The fourth-order valence-electron chi connectivity index (χ4n) is 8.18. The zero-order valence-corrected chi connectivity index (χ0v) is 24.4. The molecule has 224 valence electrons. The van der Waals surface area contributed by atoms with Crippen LogP contribution in [0.2, 0.25) is 0 Å². The fraction of sp³-hybridized carbons (Fsp3) is 0.485. The minimum Gasteiger partial charge on any atom is -0.508 e. The number of nitrogens with one attached hydrogen (secondary N) is 1. The average Bonchev–Trinajstić information content (AvgIpc) is 3.69. The van der Waals surface area contributed by atoms with Crippen LogP contribution >= 0.6 is 0 Å². The highest BCUT2D eigenvalue weighted by molar-refractivity contribution is 6.01. The Morgan fingerprint density at radius 3 is 2.58 bits per heavy atom. The Balaban J connectivity index is 1.28. The largest absolute Gasteiger partial charge is 0.508 e. The number of hydrogen-bond donors (Lipinski definition) is 2. The maximum atomic E-state index is 16.8. The summed E-state index contributed by atoms with van der Waals surface area (Å²) < 4.78 is 38.1. The van der Waals surface area contributed by atoms with Crippen LogP contribution in [0, 0.1) is 11.6 Å². The van der Waals surface area contributed by atoms with Gasteiger partial charge in [-0.3, -0.25) is 9.88 Å². The summed E-state index contributed by atoms with van der Waals surface area (Å²) >= 11 is 0. The highest BCUT2D eigenvalue weighted by Gasteiger charge is 2.45. The zero-order chi connectivity index (χ0) is 29.3. The SMILES string of the molecule is CCc1c(F)ccc2cc(O)cc(-c3ncc4c(N5CC6CCC(C5)N6)nc(OCC56CCCN5CCC6)nc4c3F)c12. The van der Waals surface area contributed by atoms with Gasteiger partial charge in [-0.05, 0) is 92.6 Å². The molecule has 2 atom stereocenters. The number of phenolic OH excluding ortho intramolecular Hbond substituents is 1. The van der Waals surface area contributed by atoms with Gasteiger partial charge in [0.25, 0.3) is 0 Å². The standard InChI is InChI=1S/C33H36F2N6O2/c1-2-23-26(34)8-5-19-13-22(42)14-24(27(19)23)29-28(35)30-25(15-36-29)31(40-16-20-6-7-21(17-40)37-20)39-32(38-30)43-18-33-9-3-11-41(33)12-4-10-33/h5,8,13-15,20-21,37,42H,2-4,6-7,9-12,16-18H2,1H3. The van der Waals surface area contributed by atoms with Crippen molar-refractivity contribution in [2.45, 2.75) is 69.5 Å². The van der Waals surface area contributed by atoms with E-state index in [1.54, 1.807) is 18.3 Å². The van der Waals surface area contributed by atoms with Crippen molar-refractivity contribution in [2.24, 2.45) is 0 Å². The van der Waals surface area contributed by atoms with E-state index in [9.17, 15) is 9.50 Å². The third kappa shape index (κ3) is 4.40. The minimum absolute atomic E-state index is 0.00428. The lowest BCUT2D eigenvalue weighted by atomic mass is 9.94. The molecular weight excluding hydrogens is 550 g/mol. The Morgan fingerprint density at radius 1 is 1.07 bits per heavy atom. The number of fused-ring (bicyclic) bond motifs is 5. The maximum absolute atomic E-state index is 16.8. The van der Waals surface area contributed by atoms with Gasteiger partial charge in [0.2, 0.25) is 0 Å². The highest BCUT2D eigenvalue weighted by Crippen LogP contribution is 2.41. The third-order valence-electron chi connectivity index (χ3n) is 10.2. The maximum Gasteiger partial charge on any atom is 0.319 e. The fourth-order valence-corrected chi connectivity index (χ4v) is 8.18. The molecule has 43 heavy (non-hydrogen) atoms. The first-order valence-electron chi connectivity index (χ1n) is 15.6. The number of nitrogens with zero attached hydrogens (tertiary/aromatic N) is 5. The molecule has 2 aromatic heterocycles. The molecule has 2 bridgehead atoms. The Labute approximate surface area is 249 Å². The summed E-state index contributed by atoms with van der Waals surface area (Å²) in [5, 5.41) is 15.9. The summed E-state index contributed by atoms with van der Waals surface area (Å²) in [6, 6.07) is 6.89. The van der Waals surface area contributed by atoms with Crippen molar-refractivity contribution < 1.29 is 18.6 Å². The van der Waals surface area contributed by atoms with Gasteiger partial charge in [-0.15, -0.1) is 0 Å². The molecule has 4 fully saturated rings. The molecule has 2 aromatic carbocycles. The van der Waals surface area contributed by atoms with Gasteiger partial charge in [-0.2, -0.15) is 9.97 Å². The van der Waals surface area contributed by atoms with Crippen molar-refractivity contribution in [3.63, 3.8) is 0 Å². The molecule has 0 aliphatic carbocycles. The summed E-state index contributed by atoms with van der Waals surface area (Å²) in [6.07, 6.45) is 8.69. The number of aromatic hydroxyl groups is 1. The molecule has 8 rings (SSSR count). The van der Waals surface area contributed by atoms with Gasteiger partial charge in [0, 0.05) is 36.9 Å². The van der Waals surface area contributed by atoms with Crippen molar-refractivity contribution >= 4 is 27.5 Å². The summed E-state index contributed by atoms with van der Waals surface area (Å²) in [6.45, 7) is 6.02. The molecule has 6 heterocycles. The lowest BCUT2D eigenvalue weighted by molar-refractivity contribution is 0.108. The quantitative estimate of drug-likeness (QED) is 0.313. The Bertz CT molecular complexity index is 1730. The number of aromatic nitrogens is 3. The average molecular weight is 587 g/mol. The predicted molar refractivity (Wildman–Crippen MR) is 162 cm³/mol. The first-order chi connectivity index (χ1) is 20.9. The van der Waals surface area contributed by atoms with Crippen LogP contribution in [0.3, 0.4) is 0 Å². The molecule has 4 aromatic rings. The number of benzene rings is 2. The van der Waals surface area contributed by atoms with E-state index in [0.29, 0.717) is 58.2 Å². The van der Waals surface area contributed by atoms with Crippen LogP contribution in [0.4, 0.5) is 14.6 Å². The van der Waals surface area contributed by atoms with Crippen LogP contribution in [-0.2, 0) is 6.42 Å². The second-order valence-corrected chi connectivity index (χ2v) is 12.7. The van der Waals surface area contributed by atoms with Crippen molar-refractivity contribution in [1.29, 1.82) is 0 Å². The highest BCUT2D eigenvalue weighted by atomic mass is 19.1. The molecule has 4 aliphatic heterocycles. The van der Waals surface area contributed by atoms with E-state index < -0.39 is 5.82 Å². The first-order valence-corrected chi connectivity index (χ1v) is 15.6. The lowest BCUT2D eigenvalue weighted by Crippen LogP contribution is -2.51. The molecule has 0 amide bonds. The number of piperazine rings is 1. The van der Waals surface area contributed by atoms with Crippen LogP contribution in [0.15, 0.2) is 30.5 Å². The second kappa shape index (κ2) is 10.2. The van der Waals surface area contributed by atoms with Crippen molar-refractivity contribution in [1.82, 2.24) is 25.2 Å². The molecule has 0 saturated carbocycles. The van der Waals surface area contributed by atoms with Crippen LogP contribution in [0.1, 0.15) is 51.0 Å². The molecule has 0 radical (unpaired) electrons. The number of aryl methyl sites for hydroxylation is 1. The van der Waals surface area contributed by atoms with E-state index in [1.807, 2.05) is 6.92 Å². The van der Waals surface area contributed by atoms with E-state index in [1.165, 1.54) is 12.1 Å². The van der Waals surface area contributed by atoms with E-state index in [0.717, 1.165) is 64.7 Å². The zero-order valence-electron chi connectivity index (χ0n) is 24.4. The molecule has 8 nitrogen and oxygen atoms in total. The molecular formula is C33H36F2N6O2. The van der Waals surface area contributed by atoms with E-state index in [2.05, 4.69) is 25.1 Å². The third-order valence-corrected chi connectivity index (χ3v) is 10.2. The number of ether oxygens (including phenoxy) is 1. The van der Waals surface area contributed by atoms with Gasteiger partial charge < -0.3 is 20.1 Å². The summed E-state index contributed by atoms with van der Waals surface area (Å²) in [5.74, 6) is -0.421. The van der Waals surface area contributed by atoms with E-state index >= 15 is 4.39 Å². The monoisotopic (exact) mass is 586 g/mol. The lowest BCUT2D eigenvalue weighted by Gasteiger charge is -2.34. The van der Waals surface area contributed by atoms with Crippen LogP contribution in [0.5, 0.6) is 11.8 Å². The number of anilines is 1. The number of hydrogen-bond acceptors (Lipinski definition) is 8. The molecule has 4 aliphatic rings. The number of phenols is 1. The molecule has 2 N–H and O–H groups in total. The van der Waals surface area contributed by atoms with Crippen LogP contribution < -0.4 is 15.0 Å². The molecule has 4 saturated heterocycles. The smallest absolute Gasteiger partial charge is 0.319 e. The van der Waals surface area contributed by atoms with Gasteiger partial charge in [0.1, 0.15) is 35.2 Å². The molecule has 0 spiro atoms. The van der Waals surface area contributed by atoms with Crippen molar-refractivity contribution in [3.05, 3.63) is 47.7 Å². The summed E-state index contributed by atoms with van der Waals surface area (Å²) in [4.78, 5) is 18.9. The van der Waals surface area contributed by atoms with Crippen LogP contribution in [0.25, 0.3) is 32.9 Å². The Hall–Kier alpha value is -3.63. The van der Waals surface area contributed by atoms with Gasteiger partial charge in [0.15, 0.2) is 5.82 Å². The number of pyridine rings is 1. The van der Waals surface area contributed by atoms with Gasteiger partial charge in [-0.25, -0.2) is 8.78 Å². The number of halogens is 2. The van der Waals surface area contributed by atoms with Gasteiger partial charge in [0.05, 0.1) is 10.9 Å². The second-order valence-electron chi connectivity index (χ2n) is 12.7. The van der Waals surface area contributed by atoms with Crippen LogP contribution in [-0.4, -0.2) is 75.4 Å². The topological polar surface area (TPSA) is 86.6 Å². The van der Waals surface area contributed by atoms with E-state index in [-0.39, 0.29) is 34.3 Å². The Kier molecular flexibility index (Phi) is 6.41. The van der Waals surface area contributed by atoms with Gasteiger partial charge >= 0.3 is 6.01 Å². The van der Waals surface area contributed by atoms with Gasteiger partial charge in [-0.1, -0.05) is 13.0 Å². The summed E-state index contributed by atoms with van der Waals surface area (Å²) in [7, 11) is 0. The predicted octanol–water partition coefficient (Wildman–Crippen LogP) is 5.34. The van der Waals surface area contributed by atoms with Crippen molar-refractivity contribution in [2.75, 3.05) is 37.7 Å². The summed E-state index contributed by atoms with van der Waals surface area (Å²) in [5.41, 5.74) is 0.917. The van der Waals surface area contributed by atoms with Crippen molar-refractivity contribution in [3.8, 4) is 23.0 Å². The first kappa shape index (κ1) is 27.0. The molecule has 10 heteroatoms. The minimum atomic E-state index is -0.635. The number of rotatable bonds is 6. The Morgan fingerprint density at radius 2 is 1.84 bits per heavy atom. The normalized spacial score (nSPS) is 23.0. The van der Waals surface area contributed by atoms with E-state index in [4.69, 9.17) is 9.72 Å².